The summed E-state index contributed by atoms with van der Waals surface area (Å²) in [5, 5.41) is 31.2. The van der Waals surface area contributed by atoms with Crippen molar-refractivity contribution in [1.29, 1.82) is 0 Å². The van der Waals surface area contributed by atoms with Crippen LogP contribution in [-0.2, 0) is 25.5 Å². The highest BCUT2D eigenvalue weighted by atomic mass is 35.5. The molecule has 8 nitrogen and oxygen atoms in total. The molecule has 188 valence electrons. The maximum absolute atomic E-state index is 12.4. The number of carbonyl (C=O) groups is 2. The first kappa shape index (κ1) is 26.7. The van der Waals surface area contributed by atoms with Crippen LogP contribution in [0, 0.1) is 0 Å². The van der Waals surface area contributed by atoms with Crippen LogP contribution in [0.3, 0.4) is 0 Å². The molecule has 0 bridgehead atoms. The second-order valence-electron chi connectivity index (χ2n) is 8.43. The summed E-state index contributed by atoms with van der Waals surface area (Å²) in [6.45, 7) is 0.107. The molecule has 1 fully saturated rings. The molecule has 2 aromatic carbocycles. The second kappa shape index (κ2) is 12.2. The summed E-state index contributed by atoms with van der Waals surface area (Å²) in [7, 11) is 1.55. The quantitative estimate of drug-likeness (QED) is 0.256. The number of aliphatic hydroxyl groups is 2. The molecule has 1 aliphatic carbocycles. The van der Waals surface area contributed by atoms with Crippen molar-refractivity contribution < 1.29 is 39.1 Å². The first-order valence-electron chi connectivity index (χ1n) is 11.2. The van der Waals surface area contributed by atoms with Crippen molar-refractivity contribution >= 4 is 29.6 Å². The molecule has 0 saturated heterocycles. The van der Waals surface area contributed by atoms with Gasteiger partial charge in [-0.3, -0.25) is 0 Å². The van der Waals surface area contributed by atoms with E-state index in [0.717, 1.165) is 11.1 Å². The molecule has 0 aliphatic heterocycles. The molecule has 0 amide bonds. The Morgan fingerprint density at radius 2 is 1.77 bits per heavy atom. The van der Waals surface area contributed by atoms with Crippen molar-refractivity contribution in [2.75, 3.05) is 13.7 Å². The summed E-state index contributed by atoms with van der Waals surface area (Å²) in [5.74, 6) is -1.40. The minimum Gasteiger partial charge on any atom is -0.497 e. The Hall–Kier alpha value is -2.91. The van der Waals surface area contributed by atoms with Crippen LogP contribution < -0.4 is 4.74 Å². The van der Waals surface area contributed by atoms with Gasteiger partial charge in [0.25, 0.3) is 0 Å². The molecular formula is C26H29ClO8. The van der Waals surface area contributed by atoms with Crippen LogP contribution in [0.15, 0.2) is 54.6 Å². The van der Waals surface area contributed by atoms with Crippen LogP contribution in [0.5, 0.6) is 5.75 Å². The van der Waals surface area contributed by atoms with E-state index in [1.165, 1.54) is 12.2 Å². The highest BCUT2D eigenvalue weighted by Crippen LogP contribution is 2.35. The van der Waals surface area contributed by atoms with Crippen molar-refractivity contribution in [3.05, 3.63) is 70.8 Å². The SMILES string of the molecule is COc1ccc(/C=C/C(=O)O[C@@H]2C[C@](OCCCc3ccc(Cl)cc3)(C(=O)O)C[C@H](O)[C@H]2O)cc1. The van der Waals surface area contributed by atoms with Crippen LogP contribution in [0.2, 0.25) is 5.02 Å². The van der Waals surface area contributed by atoms with E-state index in [9.17, 15) is 24.9 Å². The van der Waals surface area contributed by atoms with E-state index in [0.29, 0.717) is 23.6 Å². The fourth-order valence-corrected chi connectivity index (χ4v) is 4.09. The van der Waals surface area contributed by atoms with Crippen molar-refractivity contribution in [1.82, 2.24) is 0 Å². The van der Waals surface area contributed by atoms with Crippen molar-refractivity contribution in [2.45, 2.75) is 49.6 Å². The predicted molar refractivity (Wildman–Crippen MR) is 129 cm³/mol. The number of esters is 1. The summed E-state index contributed by atoms with van der Waals surface area (Å²) >= 11 is 5.89. The smallest absolute Gasteiger partial charge is 0.336 e. The van der Waals surface area contributed by atoms with E-state index >= 15 is 0 Å². The lowest BCUT2D eigenvalue weighted by Crippen LogP contribution is -2.58. The number of ether oxygens (including phenoxy) is 3. The summed E-state index contributed by atoms with van der Waals surface area (Å²) in [5.41, 5.74) is -0.0451. The highest BCUT2D eigenvalue weighted by Gasteiger charge is 2.52. The number of hydrogen-bond donors (Lipinski definition) is 3. The number of carboxylic acid groups (broad SMARTS) is 1. The number of carboxylic acids is 1. The maximum atomic E-state index is 12.4. The Morgan fingerprint density at radius 3 is 2.40 bits per heavy atom. The number of aryl methyl sites for hydroxylation is 1. The molecule has 2 aromatic rings. The van der Waals surface area contributed by atoms with Gasteiger partial charge in [-0.05, 0) is 54.3 Å². The van der Waals surface area contributed by atoms with Gasteiger partial charge in [0, 0.05) is 30.5 Å². The number of benzene rings is 2. The van der Waals surface area contributed by atoms with Crippen molar-refractivity contribution in [2.24, 2.45) is 0 Å². The second-order valence-corrected chi connectivity index (χ2v) is 8.86. The van der Waals surface area contributed by atoms with Crippen molar-refractivity contribution in [3.63, 3.8) is 0 Å². The lowest BCUT2D eigenvalue weighted by molar-refractivity contribution is -0.207. The first-order chi connectivity index (χ1) is 16.7. The maximum Gasteiger partial charge on any atom is 0.336 e. The zero-order valence-electron chi connectivity index (χ0n) is 19.3. The van der Waals surface area contributed by atoms with Gasteiger partial charge in [-0.15, -0.1) is 0 Å². The van der Waals surface area contributed by atoms with E-state index in [2.05, 4.69) is 0 Å². The fraction of sp³-hybridized carbons (Fsp3) is 0.385. The van der Waals surface area contributed by atoms with E-state index in [-0.39, 0.29) is 19.4 Å². The zero-order chi connectivity index (χ0) is 25.4. The monoisotopic (exact) mass is 504 g/mol. The summed E-state index contributed by atoms with van der Waals surface area (Å²) in [4.78, 5) is 24.5. The number of methoxy groups -OCH3 is 1. The van der Waals surface area contributed by atoms with Gasteiger partial charge in [0.15, 0.2) is 5.60 Å². The van der Waals surface area contributed by atoms with Crippen LogP contribution in [0.1, 0.15) is 30.4 Å². The normalized spacial score (nSPS) is 24.3. The molecule has 0 spiro atoms. The number of halogens is 1. The third-order valence-electron chi connectivity index (χ3n) is 5.93. The molecule has 0 radical (unpaired) electrons. The Labute approximate surface area is 208 Å². The molecule has 35 heavy (non-hydrogen) atoms. The van der Waals surface area contributed by atoms with Crippen LogP contribution >= 0.6 is 11.6 Å². The van der Waals surface area contributed by atoms with Gasteiger partial charge >= 0.3 is 11.9 Å². The minimum absolute atomic E-state index is 0.107. The minimum atomic E-state index is -1.79. The van der Waals surface area contributed by atoms with Gasteiger partial charge in [0.05, 0.1) is 13.2 Å². The topological polar surface area (TPSA) is 123 Å². The largest absolute Gasteiger partial charge is 0.497 e. The first-order valence-corrected chi connectivity index (χ1v) is 11.6. The molecule has 1 aliphatic rings. The molecule has 0 unspecified atom stereocenters. The summed E-state index contributed by atoms with van der Waals surface area (Å²) in [6.07, 6.45) is -0.853. The summed E-state index contributed by atoms with van der Waals surface area (Å²) in [6, 6.07) is 14.3. The van der Waals surface area contributed by atoms with Crippen LogP contribution in [0.25, 0.3) is 6.08 Å². The van der Waals surface area contributed by atoms with Crippen LogP contribution in [-0.4, -0.2) is 64.9 Å². The van der Waals surface area contributed by atoms with Crippen LogP contribution in [0.4, 0.5) is 0 Å². The number of hydrogen-bond acceptors (Lipinski definition) is 7. The Kier molecular flexibility index (Phi) is 9.28. The van der Waals surface area contributed by atoms with Gasteiger partial charge in [0.2, 0.25) is 0 Å². The van der Waals surface area contributed by atoms with Gasteiger partial charge in [-0.2, -0.15) is 0 Å². The van der Waals surface area contributed by atoms with E-state index < -0.39 is 35.9 Å². The van der Waals surface area contributed by atoms with E-state index in [4.69, 9.17) is 25.8 Å². The average Bonchev–Trinajstić information content (AvgIpc) is 2.85. The lowest BCUT2D eigenvalue weighted by atomic mass is 9.79. The predicted octanol–water partition coefficient (Wildman–Crippen LogP) is 3.26. The third kappa shape index (κ3) is 7.29. The number of aliphatic hydroxyl groups excluding tert-OH is 2. The molecule has 4 atom stereocenters. The molecule has 0 aromatic heterocycles. The Morgan fingerprint density at radius 1 is 1.09 bits per heavy atom. The fourth-order valence-electron chi connectivity index (χ4n) is 3.96. The third-order valence-corrected chi connectivity index (χ3v) is 6.18. The van der Waals surface area contributed by atoms with Gasteiger partial charge in [-0.25, -0.2) is 9.59 Å². The van der Waals surface area contributed by atoms with Gasteiger partial charge in [0.1, 0.15) is 18.0 Å². The number of rotatable bonds is 10. The molecule has 3 N–H and O–H groups in total. The van der Waals surface area contributed by atoms with E-state index in [1.54, 1.807) is 43.5 Å². The molecule has 0 heterocycles. The molecule has 9 heteroatoms. The molecule has 3 rings (SSSR count). The van der Waals surface area contributed by atoms with E-state index in [1.807, 2.05) is 12.1 Å². The lowest BCUT2D eigenvalue weighted by Gasteiger charge is -2.41. The summed E-state index contributed by atoms with van der Waals surface area (Å²) < 4.78 is 16.1. The number of carbonyl (C=O) groups excluding carboxylic acids is 1. The van der Waals surface area contributed by atoms with Gasteiger partial charge in [-0.1, -0.05) is 35.9 Å². The standard InChI is InChI=1S/C26H29ClO8/c1-33-20-11-6-18(7-12-20)8-13-23(29)35-22-16-26(25(31)32,15-21(28)24(22)30)34-14-2-3-17-4-9-19(27)10-5-17/h4-13,21-22,24,28,30H,2-3,14-16H2,1H3,(H,31,32)/b13-8+/t21-,22+,24+,26-/m0/s1. The van der Waals surface area contributed by atoms with Crippen molar-refractivity contribution in [3.8, 4) is 5.75 Å². The highest BCUT2D eigenvalue weighted by molar-refractivity contribution is 6.30. The molecule has 1 saturated carbocycles. The Bertz CT molecular complexity index is 1020. The Balaban J connectivity index is 1.60. The zero-order valence-corrected chi connectivity index (χ0v) is 20.1. The average molecular weight is 505 g/mol. The van der Waals surface area contributed by atoms with Gasteiger partial charge < -0.3 is 29.5 Å². The number of aliphatic carboxylic acids is 1. The molecular weight excluding hydrogens is 476 g/mol.